The third-order valence-corrected chi connectivity index (χ3v) is 5.08. The Kier molecular flexibility index (Phi) is 3.86. The number of carbonyl (C=O) groups is 2. The van der Waals surface area contributed by atoms with Crippen LogP contribution in [0.3, 0.4) is 0 Å². The fourth-order valence-corrected chi connectivity index (χ4v) is 3.73. The van der Waals surface area contributed by atoms with Gasteiger partial charge in [0.15, 0.2) is 0 Å². The molecule has 0 bridgehead atoms. The molecule has 2 amide bonds. The quantitative estimate of drug-likeness (QED) is 0.854. The average molecular weight is 352 g/mol. The fourth-order valence-electron chi connectivity index (χ4n) is 3.73. The van der Waals surface area contributed by atoms with Crippen molar-refractivity contribution in [3.05, 3.63) is 56.8 Å². The third kappa shape index (κ3) is 2.79. The first kappa shape index (κ1) is 16.5. The lowest BCUT2D eigenvalue weighted by Gasteiger charge is -2.28. The highest BCUT2D eigenvalue weighted by Crippen LogP contribution is 2.35. The van der Waals surface area contributed by atoms with Crippen LogP contribution in [0.4, 0.5) is 5.69 Å². The molecule has 2 N–H and O–H groups in total. The van der Waals surface area contributed by atoms with E-state index in [2.05, 4.69) is 15.3 Å². The van der Waals surface area contributed by atoms with Crippen LogP contribution in [-0.2, 0) is 22.6 Å². The van der Waals surface area contributed by atoms with Gasteiger partial charge >= 0.3 is 0 Å². The number of aromatic amines is 1. The Hall–Kier alpha value is -2.96. The van der Waals surface area contributed by atoms with Gasteiger partial charge in [0.05, 0.1) is 18.2 Å². The number of aromatic nitrogens is 2. The van der Waals surface area contributed by atoms with Gasteiger partial charge < -0.3 is 15.2 Å². The molecule has 2 aliphatic heterocycles. The average Bonchev–Trinajstić information content (AvgIpc) is 2.89. The Morgan fingerprint density at radius 3 is 2.92 bits per heavy atom. The van der Waals surface area contributed by atoms with Gasteiger partial charge in [0, 0.05) is 24.2 Å². The first-order valence-electron chi connectivity index (χ1n) is 8.70. The SMILES string of the molecule is Cc1ccc2c(c1)C(CC(=O)N1CCc3c(nc(C)[nH]c3=O)C1)C(=O)N2. The minimum Gasteiger partial charge on any atom is -0.336 e. The molecule has 26 heavy (non-hydrogen) atoms. The highest BCUT2D eigenvalue weighted by Gasteiger charge is 2.34. The molecule has 2 aromatic rings. The van der Waals surface area contributed by atoms with Crippen LogP contribution in [-0.4, -0.2) is 33.2 Å². The van der Waals surface area contributed by atoms with Crippen molar-refractivity contribution in [3.8, 4) is 0 Å². The number of carbonyl (C=O) groups excluding carboxylic acids is 2. The summed E-state index contributed by atoms with van der Waals surface area (Å²) in [4.78, 5) is 45.9. The number of H-pyrrole nitrogens is 1. The minimum absolute atomic E-state index is 0.0927. The van der Waals surface area contributed by atoms with Crippen LogP contribution < -0.4 is 10.9 Å². The summed E-state index contributed by atoms with van der Waals surface area (Å²) in [6.45, 7) is 4.47. The second-order valence-electron chi connectivity index (χ2n) is 6.98. The number of benzene rings is 1. The van der Waals surface area contributed by atoms with Gasteiger partial charge in [0.25, 0.3) is 5.56 Å². The number of nitrogens with zero attached hydrogens (tertiary/aromatic N) is 2. The molecule has 2 aliphatic rings. The van der Waals surface area contributed by atoms with Gasteiger partial charge in [-0.1, -0.05) is 17.7 Å². The van der Waals surface area contributed by atoms with Gasteiger partial charge in [-0.3, -0.25) is 14.4 Å². The van der Waals surface area contributed by atoms with Crippen LogP contribution >= 0.6 is 0 Å². The lowest BCUT2D eigenvalue weighted by molar-refractivity contribution is -0.134. The maximum absolute atomic E-state index is 12.8. The molecule has 0 saturated heterocycles. The molecule has 134 valence electrons. The van der Waals surface area contributed by atoms with Crippen LogP contribution in [0.1, 0.15) is 40.5 Å². The zero-order valence-corrected chi connectivity index (χ0v) is 14.8. The number of aryl methyl sites for hydroxylation is 2. The Bertz CT molecular complexity index is 979. The van der Waals surface area contributed by atoms with E-state index in [-0.39, 0.29) is 23.8 Å². The van der Waals surface area contributed by atoms with Gasteiger partial charge in [-0.05, 0) is 31.9 Å². The van der Waals surface area contributed by atoms with E-state index in [1.54, 1.807) is 11.8 Å². The van der Waals surface area contributed by atoms with Gasteiger partial charge in [0.2, 0.25) is 11.8 Å². The highest BCUT2D eigenvalue weighted by molar-refractivity contribution is 6.05. The molecule has 0 radical (unpaired) electrons. The number of hydrogen-bond acceptors (Lipinski definition) is 4. The smallest absolute Gasteiger partial charge is 0.254 e. The van der Waals surface area contributed by atoms with Gasteiger partial charge in [0.1, 0.15) is 5.82 Å². The predicted molar refractivity (Wildman–Crippen MR) is 95.9 cm³/mol. The number of rotatable bonds is 2. The van der Waals surface area contributed by atoms with E-state index in [1.165, 1.54) is 0 Å². The lowest BCUT2D eigenvalue weighted by atomic mass is 9.94. The summed E-state index contributed by atoms with van der Waals surface area (Å²) >= 11 is 0. The molecule has 1 aromatic carbocycles. The first-order valence-corrected chi connectivity index (χ1v) is 8.70. The van der Waals surface area contributed by atoms with Crippen molar-refractivity contribution in [2.24, 2.45) is 0 Å². The standard InChI is InChI=1S/C19H20N4O3/c1-10-3-4-15-13(7-10)14(19(26)22-15)8-17(24)23-6-5-12-16(9-23)20-11(2)21-18(12)25/h3-4,7,14H,5-6,8-9H2,1-2H3,(H,22,26)(H,20,21,25). The van der Waals surface area contributed by atoms with E-state index in [0.29, 0.717) is 36.6 Å². The number of nitrogens with one attached hydrogen (secondary N) is 2. The van der Waals surface area contributed by atoms with Crippen molar-refractivity contribution in [1.82, 2.24) is 14.9 Å². The Morgan fingerprint density at radius 1 is 1.31 bits per heavy atom. The molecule has 0 aliphatic carbocycles. The van der Waals surface area contributed by atoms with Crippen LogP contribution in [0.15, 0.2) is 23.0 Å². The Balaban J connectivity index is 1.54. The summed E-state index contributed by atoms with van der Waals surface area (Å²) in [7, 11) is 0. The molecule has 0 spiro atoms. The van der Waals surface area contributed by atoms with E-state index in [0.717, 1.165) is 16.8 Å². The Labute approximate surface area is 150 Å². The maximum Gasteiger partial charge on any atom is 0.254 e. The van der Waals surface area contributed by atoms with Crippen LogP contribution in [0.2, 0.25) is 0 Å². The number of hydrogen-bond donors (Lipinski definition) is 2. The van der Waals surface area contributed by atoms with Crippen LogP contribution in [0, 0.1) is 13.8 Å². The zero-order chi connectivity index (χ0) is 18.4. The maximum atomic E-state index is 12.8. The van der Waals surface area contributed by atoms with E-state index < -0.39 is 5.92 Å². The molecular weight excluding hydrogens is 332 g/mol. The molecule has 4 rings (SSSR count). The highest BCUT2D eigenvalue weighted by atomic mass is 16.2. The van der Waals surface area contributed by atoms with Gasteiger partial charge in [-0.15, -0.1) is 0 Å². The van der Waals surface area contributed by atoms with Gasteiger partial charge in [-0.25, -0.2) is 4.98 Å². The first-order chi connectivity index (χ1) is 12.4. The van der Waals surface area contributed by atoms with Crippen molar-refractivity contribution in [2.75, 3.05) is 11.9 Å². The molecular formula is C19H20N4O3. The molecule has 7 nitrogen and oxygen atoms in total. The molecule has 0 fully saturated rings. The van der Waals surface area contributed by atoms with E-state index in [1.807, 2.05) is 25.1 Å². The van der Waals surface area contributed by atoms with E-state index in [9.17, 15) is 14.4 Å². The van der Waals surface area contributed by atoms with E-state index >= 15 is 0 Å². The predicted octanol–water partition coefficient (Wildman–Crippen LogP) is 1.40. The molecule has 1 atom stereocenters. The Morgan fingerprint density at radius 2 is 2.12 bits per heavy atom. The second-order valence-corrected chi connectivity index (χ2v) is 6.98. The summed E-state index contributed by atoms with van der Waals surface area (Å²) in [5, 5.41) is 2.85. The lowest BCUT2D eigenvalue weighted by Crippen LogP contribution is -2.40. The summed E-state index contributed by atoms with van der Waals surface area (Å²) in [5.74, 6) is -0.151. The molecule has 7 heteroatoms. The summed E-state index contributed by atoms with van der Waals surface area (Å²) in [6, 6.07) is 5.78. The molecule has 1 unspecified atom stereocenters. The van der Waals surface area contributed by atoms with Crippen molar-refractivity contribution >= 4 is 17.5 Å². The van der Waals surface area contributed by atoms with Crippen molar-refractivity contribution < 1.29 is 9.59 Å². The fraction of sp³-hybridized carbons (Fsp3) is 0.368. The molecule has 3 heterocycles. The second kappa shape index (κ2) is 6.09. The van der Waals surface area contributed by atoms with Gasteiger partial charge in [-0.2, -0.15) is 0 Å². The largest absolute Gasteiger partial charge is 0.336 e. The normalized spacial score (nSPS) is 18.3. The summed E-state index contributed by atoms with van der Waals surface area (Å²) < 4.78 is 0. The minimum atomic E-state index is -0.465. The van der Waals surface area contributed by atoms with Crippen molar-refractivity contribution in [1.29, 1.82) is 0 Å². The number of fused-ring (bicyclic) bond motifs is 2. The van der Waals surface area contributed by atoms with Crippen LogP contribution in [0.5, 0.6) is 0 Å². The monoisotopic (exact) mass is 352 g/mol. The van der Waals surface area contributed by atoms with E-state index in [4.69, 9.17) is 0 Å². The topological polar surface area (TPSA) is 95.2 Å². The summed E-state index contributed by atoms with van der Waals surface area (Å²) in [6.07, 6.45) is 0.607. The molecule has 1 aromatic heterocycles. The van der Waals surface area contributed by atoms with Crippen molar-refractivity contribution in [2.45, 2.75) is 39.2 Å². The molecule has 0 saturated carbocycles. The van der Waals surface area contributed by atoms with Crippen LogP contribution in [0.25, 0.3) is 0 Å². The zero-order valence-electron chi connectivity index (χ0n) is 14.8. The third-order valence-electron chi connectivity index (χ3n) is 5.08. The summed E-state index contributed by atoms with van der Waals surface area (Å²) in [5.41, 5.74) is 3.90. The number of amides is 2. The number of anilines is 1. The van der Waals surface area contributed by atoms with Crippen molar-refractivity contribution in [3.63, 3.8) is 0 Å².